The lowest BCUT2D eigenvalue weighted by Crippen LogP contribution is -1.73. The second kappa shape index (κ2) is 10.1. The first kappa shape index (κ1) is 14.5. The van der Waals surface area contributed by atoms with E-state index in [0.29, 0.717) is 0 Å². The first-order valence-electron chi connectivity index (χ1n) is 5.03. The Hall–Kier alpha value is -1.47. The van der Waals surface area contributed by atoms with Crippen LogP contribution in [0.3, 0.4) is 0 Å². The van der Waals surface area contributed by atoms with Crippen molar-refractivity contribution >= 4 is 11.8 Å². The molecule has 0 heterocycles. The second-order valence-electron chi connectivity index (χ2n) is 2.79. The van der Waals surface area contributed by atoms with Gasteiger partial charge in [-0.2, -0.15) is 0 Å². The molecule has 0 atom stereocenters. The van der Waals surface area contributed by atoms with Crippen LogP contribution < -0.4 is 0 Å². The third-order valence-electron chi connectivity index (χ3n) is 1.60. The summed E-state index contributed by atoms with van der Waals surface area (Å²) >= 11 is 1.68. The largest absolute Gasteiger partial charge is 0.0991 e. The Kier molecular flexibility index (Phi) is 9.14. The summed E-state index contributed by atoms with van der Waals surface area (Å²) in [4.78, 5) is 2.29. The average Bonchev–Trinajstić information content (AvgIpc) is 2.31. The van der Waals surface area contributed by atoms with Gasteiger partial charge in [0.05, 0.1) is 0 Å². The van der Waals surface area contributed by atoms with Gasteiger partial charge in [-0.25, -0.2) is 0 Å². The van der Waals surface area contributed by atoms with Crippen molar-refractivity contribution in [1.82, 2.24) is 0 Å². The van der Waals surface area contributed by atoms with Crippen LogP contribution >= 0.6 is 11.8 Å². The fraction of sp³-hybridized carbons (Fsp3) is 0.0667. The molecule has 0 bridgehead atoms. The Balaban J connectivity index is 4.73. The van der Waals surface area contributed by atoms with Crippen molar-refractivity contribution in [2.75, 3.05) is 0 Å². The summed E-state index contributed by atoms with van der Waals surface area (Å²) in [6, 6.07) is 0. The van der Waals surface area contributed by atoms with Gasteiger partial charge in [0.15, 0.2) is 0 Å². The Bertz CT molecular complexity index is 352. The van der Waals surface area contributed by atoms with E-state index in [9.17, 15) is 0 Å². The maximum atomic E-state index is 3.70. The van der Waals surface area contributed by atoms with E-state index in [2.05, 4.69) is 25.8 Å². The van der Waals surface area contributed by atoms with Crippen LogP contribution in [-0.4, -0.2) is 0 Å². The molecule has 0 spiro atoms. The summed E-state index contributed by atoms with van der Waals surface area (Å²) in [5, 5.41) is 0. The monoisotopic (exact) mass is 230 g/mol. The quantitative estimate of drug-likeness (QED) is 0.543. The van der Waals surface area contributed by atoms with E-state index < -0.39 is 0 Å². The Morgan fingerprint density at radius 2 is 1.44 bits per heavy atom. The van der Waals surface area contributed by atoms with Gasteiger partial charge in [-0.1, -0.05) is 68.0 Å². The molecule has 0 aromatic rings. The van der Waals surface area contributed by atoms with Gasteiger partial charge in [0.1, 0.15) is 0 Å². The van der Waals surface area contributed by atoms with Gasteiger partial charge < -0.3 is 0 Å². The van der Waals surface area contributed by atoms with E-state index in [-0.39, 0.29) is 0 Å². The van der Waals surface area contributed by atoms with Crippen molar-refractivity contribution in [1.29, 1.82) is 0 Å². The molecule has 0 saturated carbocycles. The molecule has 0 unspecified atom stereocenters. The fourth-order valence-electron chi connectivity index (χ4n) is 0.891. The first-order chi connectivity index (χ1) is 7.78. The highest BCUT2D eigenvalue weighted by Crippen LogP contribution is 2.27. The molecule has 0 radical (unpaired) electrons. The Labute approximate surface area is 103 Å². The van der Waals surface area contributed by atoms with Crippen molar-refractivity contribution in [3.05, 3.63) is 84.2 Å². The molecule has 0 aliphatic rings. The summed E-state index contributed by atoms with van der Waals surface area (Å²) in [6.07, 6.45) is 17.2. The lowest BCUT2D eigenvalue weighted by Gasteiger charge is -2.01. The van der Waals surface area contributed by atoms with Gasteiger partial charge >= 0.3 is 0 Å². The van der Waals surface area contributed by atoms with Gasteiger partial charge in [-0.15, -0.1) is 0 Å². The molecule has 0 aliphatic heterocycles. The zero-order chi connectivity index (χ0) is 12.2. The number of hydrogen-bond donors (Lipinski definition) is 0. The van der Waals surface area contributed by atoms with Crippen LogP contribution in [0, 0.1) is 0 Å². The van der Waals surface area contributed by atoms with Crippen molar-refractivity contribution in [2.45, 2.75) is 6.92 Å². The van der Waals surface area contributed by atoms with Crippen LogP contribution in [0.15, 0.2) is 84.2 Å². The highest BCUT2D eigenvalue weighted by molar-refractivity contribution is 8.07. The lowest BCUT2D eigenvalue weighted by atomic mass is 10.4. The summed E-state index contributed by atoms with van der Waals surface area (Å²) < 4.78 is 0. The SMILES string of the molecule is C=CC=C(/C=C\C=C)SC(=CC)/C=C\C=C. The van der Waals surface area contributed by atoms with Crippen LogP contribution in [0.5, 0.6) is 0 Å². The highest BCUT2D eigenvalue weighted by Gasteiger charge is 1.95. The van der Waals surface area contributed by atoms with Crippen LogP contribution in [0.4, 0.5) is 0 Å². The molecular weight excluding hydrogens is 212 g/mol. The molecule has 0 amide bonds. The maximum absolute atomic E-state index is 3.70. The summed E-state index contributed by atoms with van der Waals surface area (Å²) in [6.45, 7) is 13.0. The van der Waals surface area contributed by atoms with Crippen LogP contribution in [0.1, 0.15) is 6.92 Å². The van der Waals surface area contributed by atoms with E-state index in [0.717, 1.165) is 4.91 Å². The third-order valence-corrected chi connectivity index (χ3v) is 2.71. The average molecular weight is 230 g/mol. The summed E-state index contributed by atoms with van der Waals surface area (Å²) in [7, 11) is 0. The molecule has 0 rings (SSSR count). The van der Waals surface area contributed by atoms with E-state index in [1.807, 2.05) is 37.3 Å². The molecule has 0 nitrogen and oxygen atoms in total. The second-order valence-corrected chi connectivity index (χ2v) is 3.93. The van der Waals surface area contributed by atoms with Gasteiger partial charge in [-0.3, -0.25) is 0 Å². The molecule has 84 valence electrons. The minimum Gasteiger partial charge on any atom is -0.0991 e. The van der Waals surface area contributed by atoms with Crippen molar-refractivity contribution in [2.24, 2.45) is 0 Å². The minimum atomic E-state index is 1.12. The minimum absolute atomic E-state index is 1.12. The predicted molar refractivity (Wildman–Crippen MR) is 78.3 cm³/mol. The summed E-state index contributed by atoms with van der Waals surface area (Å²) in [5.41, 5.74) is 0. The molecular formula is C15H18S. The molecule has 0 fully saturated rings. The fourth-order valence-corrected chi connectivity index (χ4v) is 1.74. The molecule has 16 heavy (non-hydrogen) atoms. The van der Waals surface area contributed by atoms with E-state index in [1.165, 1.54) is 4.91 Å². The van der Waals surface area contributed by atoms with E-state index >= 15 is 0 Å². The molecule has 0 aromatic carbocycles. The molecule has 0 aromatic heterocycles. The first-order valence-corrected chi connectivity index (χ1v) is 5.85. The normalized spacial score (nSPS) is 13.3. The van der Waals surface area contributed by atoms with E-state index in [4.69, 9.17) is 0 Å². The standard InChI is InChI=1S/C15H18S/c1-5-9-12-14(8-4)16-15(11-7-3)13-10-6-2/h5-13H,1-3H2,4H3/b12-9-,13-10-,14-8?,15-11?. The molecule has 0 aliphatic carbocycles. The predicted octanol–water partition coefficient (Wildman–Crippen LogP) is 5.18. The van der Waals surface area contributed by atoms with Gasteiger partial charge in [0.2, 0.25) is 0 Å². The maximum Gasteiger partial charge on any atom is 0.0122 e. The zero-order valence-corrected chi connectivity index (χ0v) is 10.5. The molecule has 1 heteroatoms. The van der Waals surface area contributed by atoms with Gasteiger partial charge in [0, 0.05) is 9.81 Å². The molecule has 0 saturated heterocycles. The lowest BCUT2D eigenvalue weighted by molar-refractivity contribution is 1.70. The van der Waals surface area contributed by atoms with Crippen molar-refractivity contribution < 1.29 is 0 Å². The highest BCUT2D eigenvalue weighted by atomic mass is 32.2. The number of hydrogen-bond acceptors (Lipinski definition) is 1. The third kappa shape index (κ3) is 6.91. The van der Waals surface area contributed by atoms with Crippen LogP contribution in [0.25, 0.3) is 0 Å². The van der Waals surface area contributed by atoms with Crippen LogP contribution in [0.2, 0.25) is 0 Å². The molecule has 0 N–H and O–H groups in total. The smallest absolute Gasteiger partial charge is 0.0122 e. The topological polar surface area (TPSA) is 0 Å². The Morgan fingerprint density at radius 1 is 0.875 bits per heavy atom. The number of allylic oxidation sites excluding steroid dienone is 9. The van der Waals surface area contributed by atoms with Crippen LogP contribution in [-0.2, 0) is 0 Å². The summed E-state index contributed by atoms with van der Waals surface area (Å²) in [5.74, 6) is 0. The van der Waals surface area contributed by atoms with Gasteiger partial charge in [0.25, 0.3) is 0 Å². The Morgan fingerprint density at radius 3 is 1.88 bits per heavy atom. The van der Waals surface area contributed by atoms with E-state index in [1.54, 1.807) is 30.0 Å². The van der Waals surface area contributed by atoms with Crippen molar-refractivity contribution in [3.8, 4) is 0 Å². The van der Waals surface area contributed by atoms with Crippen molar-refractivity contribution in [3.63, 3.8) is 0 Å². The number of rotatable bonds is 7. The zero-order valence-electron chi connectivity index (χ0n) is 9.73. The number of thioether (sulfide) groups is 1. The van der Waals surface area contributed by atoms with Gasteiger partial charge in [-0.05, 0) is 25.2 Å².